The Labute approximate surface area is 178 Å². The number of fused-ring (bicyclic) bond motifs is 1. The molecular formula is C20H24N8O3. The number of aryl methyl sites for hydroxylation is 1. The van der Waals surface area contributed by atoms with Crippen LogP contribution >= 0.6 is 0 Å². The van der Waals surface area contributed by atoms with E-state index < -0.39 is 5.91 Å². The Hall–Kier alpha value is -3.47. The molecular weight excluding hydrogens is 400 g/mol. The molecule has 4 heterocycles. The molecule has 1 saturated heterocycles. The van der Waals surface area contributed by atoms with Gasteiger partial charge in [-0.25, -0.2) is 4.52 Å². The third-order valence-corrected chi connectivity index (χ3v) is 5.68. The molecule has 0 unspecified atom stereocenters. The summed E-state index contributed by atoms with van der Waals surface area (Å²) in [4.78, 5) is 34.3. The summed E-state index contributed by atoms with van der Waals surface area (Å²) in [6, 6.07) is 4.01. The van der Waals surface area contributed by atoms with Crippen LogP contribution in [0, 0.1) is 0 Å². The largest absolute Gasteiger partial charge is 0.378 e. The van der Waals surface area contributed by atoms with Crippen molar-refractivity contribution >= 4 is 29.1 Å². The average Bonchev–Trinajstić information content (AvgIpc) is 3.43. The molecule has 3 aromatic heterocycles. The third-order valence-electron chi connectivity index (χ3n) is 5.68. The van der Waals surface area contributed by atoms with Crippen LogP contribution < -0.4 is 10.2 Å². The zero-order chi connectivity index (χ0) is 21.5. The maximum atomic E-state index is 13.0. The highest BCUT2D eigenvalue weighted by molar-refractivity contribution is 6.11. The molecule has 11 heteroatoms. The molecule has 31 heavy (non-hydrogen) atoms. The van der Waals surface area contributed by atoms with Gasteiger partial charge in [0, 0.05) is 51.2 Å². The average molecular weight is 424 g/mol. The highest BCUT2D eigenvalue weighted by Crippen LogP contribution is 2.28. The van der Waals surface area contributed by atoms with Crippen molar-refractivity contribution in [1.82, 2.24) is 29.3 Å². The third kappa shape index (κ3) is 3.72. The molecule has 11 nitrogen and oxygen atoms in total. The topological polar surface area (TPSA) is 110 Å². The molecule has 0 bridgehead atoms. The molecule has 0 radical (unpaired) electrons. The van der Waals surface area contributed by atoms with E-state index in [4.69, 9.17) is 4.74 Å². The second kappa shape index (κ2) is 7.65. The molecule has 0 atom stereocenters. The van der Waals surface area contributed by atoms with Crippen LogP contribution in [0.5, 0.6) is 0 Å². The van der Waals surface area contributed by atoms with E-state index in [-0.39, 0.29) is 17.2 Å². The van der Waals surface area contributed by atoms with Gasteiger partial charge in [-0.2, -0.15) is 10.1 Å². The maximum Gasteiger partial charge on any atom is 0.274 e. The minimum absolute atomic E-state index is 0.215. The van der Waals surface area contributed by atoms with Crippen molar-refractivity contribution in [3.63, 3.8) is 0 Å². The van der Waals surface area contributed by atoms with E-state index in [1.807, 2.05) is 7.05 Å². The first-order chi connectivity index (χ1) is 15.0. The van der Waals surface area contributed by atoms with Gasteiger partial charge in [-0.1, -0.05) is 0 Å². The van der Waals surface area contributed by atoms with Crippen molar-refractivity contribution in [2.24, 2.45) is 7.05 Å². The van der Waals surface area contributed by atoms with Gasteiger partial charge in [0.1, 0.15) is 5.69 Å². The first kappa shape index (κ1) is 19.5. The summed E-state index contributed by atoms with van der Waals surface area (Å²) in [5, 5.41) is 11.5. The molecule has 162 valence electrons. The number of nitrogens with one attached hydrogen (secondary N) is 1. The van der Waals surface area contributed by atoms with E-state index in [0.29, 0.717) is 49.6 Å². The number of hydrogen-bond donors (Lipinski definition) is 1. The smallest absolute Gasteiger partial charge is 0.274 e. The van der Waals surface area contributed by atoms with Crippen molar-refractivity contribution in [2.75, 3.05) is 43.6 Å². The predicted octanol–water partition coefficient (Wildman–Crippen LogP) is 0.786. The number of pyridine rings is 1. The number of ether oxygens (including phenoxy) is 1. The van der Waals surface area contributed by atoms with Crippen LogP contribution in [0.3, 0.4) is 0 Å². The molecule has 1 saturated carbocycles. The fourth-order valence-electron chi connectivity index (χ4n) is 3.71. The zero-order valence-electron chi connectivity index (χ0n) is 17.5. The predicted molar refractivity (Wildman–Crippen MR) is 112 cm³/mol. The number of hydrogen-bond acceptors (Lipinski definition) is 7. The van der Waals surface area contributed by atoms with E-state index in [1.165, 1.54) is 10.9 Å². The summed E-state index contributed by atoms with van der Waals surface area (Å²) in [5.74, 6) is 0.0361. The zero-order valence-corrected chi connectivity index (χ0v) is 17.5. The number of amides is 2. The van der Waals surface area contributed by atoms with Crippen LogP contribution in [0.25, 0.3) is 5.65 Å². The van der Waals surface area contributed by atoms with Crippen molar-refractivity contribution in [3.8, 4) is 0 Å². The van der Waals surface area contributed by atoms with Gasteiger partial charge in [-0.3, -0.25) is 14.3 Å². The van der Waals surface area contributed by atoms with Crippen molar-refractivity contribution in [3.05, 3.63) is 35.8 Å². The Balaban J connectivity index is 1.37. The highest BCUT2D eigenvalue weighted by Gasteiger charge is 2.29. The van der Waals surface area contributed by atoms with Crippen LogP contribution in [0.1, 0.15) is 33.7 Å². The Morgan fingerprint density at radius 2 is 2.03 bits per heavy atom. The number of anilines is 2. The normalized spacial score (nSPS) is 16.5. The molecule has 2 amide bonds. The lowest BCUT2D eigenvalue weighted by Gasteiger charge is -2.26. The quantitative estimate of drug-likeness (QED) is 0.645. The monoisotopic (exact) mass is 424 g/mol. The van der Waals surface area contributed by atoms with Gasteiger partial charge in [0.2, 0.25) is 5.95 Å². The minimum atomic E-state index is -0.407. The highest BCUT2D eigenvalue weighted by atomic mass is 16.5. The van der Waals surface area contributed by atoms with Gasteiger partial charge in [-0.05, 0) is 18.9 Å². The SMILES string of the molecule is CN(c1nc2cc(NC(=O)c3c(C(=O)N4CCOCC4)cnn3C)ccn2n1)C1CC1. The van der Waals surface area contributed by atoms with E-state index in [0.717, 1.165) is 12.8 Å². The van der Waals surface area contributed by atoms with Gasteiger partial charge in [-0.15, -0.1) is 5.10 Å². The van der Waals surface area contributed by atoms with Crippen molar-refractivity contribution < 1.29 is 14.3 Å². The molecule has 1 aliphatic heterocycles. The molecule has 3 aromatic rings. The van der Waals surface area contributed by atoms with Crippen molar-refractivity contribution in [2.45, 2.75) is 18.9 Å². The first-order valence-corrected chi connectivity index (χ1v) is 10.3. The first-order valence-electron chi connectivity index (χ1n) is 10.3. The summed E-state index contributed by atoms with van der Waals surface area (Å²) in [6.45, 7) is 1.97. The van der Waals surface area contributed by atoms with Crippen LogP contribution in [0.2, 0.25) is 0 Å². The van der Waals surface area contributed by atoms with E-state index in [2.05, 4.69) is 25.4 Å². The number of carbonyl (C=O) groups is 2. The standard InChI is InChI=1S/C20H24N8O3/c1-25(14-3-4-14)20-23-16-11-13(5-6-28(16)24-20)22-18(29)17-15(12-21-26(17)2)19(30)27-7-9-31-10-8-27/h5-6,11-12,14H,3-4,7-10H2,1-2H3,(H,22,29). The van der Waals surface area contributed by atoms with Gasteiger partial charge in [0.15, 0.2) is 5.65 Å². The lowest BCUT2D eigenvalue weighted by atomic mass is 10.2. The second-order valence-corrected chi connectivity index (χ2v) is 7.86. The van der Waals surface area contributed by atoms with E-state index >= 15 is 0 Å². The number of carbonyl (C=O) groups excluding carboxylic acids is 2. The van der Waals surface area contributed by atoms with Gasteiger partial charge >= 0.3 is 0 Å². The maximum absolute atomic E-state index is 13.0. The van der Waals surface area contributed by atoms with E-state index in [1.54, 1.807) is 34.8 Å². The van der Waals surface area contributed by atoms with E-state index in [9.17, 15) is 9.59 Å². The van der Waals surface area contributed by atoms with Gasteiger partial charge < -0.3 is 19.9 Å². The number of morpholine rings is 1. The lowest BCUT2D eigenvalue weighted by molar-refractivity contribution is 0.0302. The summed E-state index contributed by atoms with van der Waals surface area (Å²) in [5.41, 5.74) is 1.69. The Morgan fingerprint density at radius 3 is 2.77 bits per heavy atom. The van der Waals surface area contributed by atoms with Gasteiger partial charge in [0.25, 0.3) is 11.8 Å². The minimum Gasteiger partial charge on any atom is -0.378 e. The number of rotatable bonds is 5. The Morgan fingerprint density at radius 1 is 1.26 bits per heavy atom. The number of aromatic nitrogens is 5. The molecule has 2 fully saturated rings. The summed E-state index contributed by atoms with van der Waals surface area (Å²) in [7, 11) is 3.64. The van der Waals surface area contributed by atoms with Gasteiger partial charge in [0.05, 0.1) is 25.0 Å². The fraction of sp³-hybridized carbons (Fsp3) is 0.450. The molecule has 2 aliphatic rings. The lowest BCUT2D eigenvalue weighted by Crippen LogP contribution is -2.41. The fourth-order valence-corrected chi connectivity index (χ4v) is 3.71. The van der Waals surface area contributed by atoms with Crippen LogP contribution in [-0.4, -0.2) is 80.5 Å². The Kier molecular flexibility index (Phi) is 4.81. The molecule has 1 aliphatic carbocycles. The summed E-state index contributed by atoms with van der Waals surface area (Å²) < 4.78 is 8.41. The summed E-state index contributed by atoms with van der Waals surface area (Å²) >= 11 is 0. The Bertz CT molecular complexity index is 1140. The molecule has 0 aromatic carbocycles. The van der Waals surface area contributed by atoms with Crippen LogP contribution in [-0.2, 0) is 11.8 Å². The van der Waals surface area contributed by atoms with Crippen LogP contribution in [0.15, 0.2) is 24.5 Å². The molecule has 1 N–H and O–H groups in total. The number of nitrogens with zero attached hydrogens (tertiary/aromatic N) is 7. The van der Waals surface area contributed by atoms with Crippen LogP contribution in [0.4, 0.5) is 11.6 Å². The second-order valence-electron chi connectivity index (χ2n) is 7.86. The molecule has 5 rings (SSSR count). The summed E-state index contributed by atoms with van der Waals surface area (Å²) in [6.07, 6.45) is 5.51. The molecule has 0 spiro atoms. The van der Waals surface area contributed by atoms with Crippen molar-refractivity contribution in [1.29, 1.82) is 0 Å².